The lowest BCUT2D eigenvalue weighted by Gasteiger charge is -2.28. The van der Waals surface area contributed by atoms with E-state index in [9.17, 15) is 13.2 Å². The summed E-state index contributed by atoms with van der Waals surface area (Å²) in [6.07, 6.45) is 3.74. The van der Waals surface area contributed by atoms with Crippen molar-refractivity contribution in [1.29, 1.82) is 0 Å². The molecular weight excluding hydrogens is 442 g/mol. The van der Waals surface area contributed by atoms with E-state index in [1.54, 1.807) is 12.1 Å². The van der Waals surface area contributed by atoms with Crippen LogP contribution in [0.3, 0.4) is 0 Å². The molecule has 1 aromatic heterocycles. The topological polar surface area (TPSA) is 109 Å². The summed E-state index contributed by atoms with van der Waals surface area (Å²) in [6.45, 7) is 2.52. The van der Waals surface area contributed by atoms with Crippen molar-refractivity contribution in [2.24, 2.45) is 0 Å². The van der Waals surface area contributed by atoms with Crippen molar-refractivity contribution >= 4 is 21.6 Å². The zero-order valence-corrected chi connectivity index (χ0v) is 19.5. The van der Waals surface area contributed by atoms with Crippen LogP contribution >= 0.6 is 0 Å². The average Bonchev–Trinajstić information content (AvgIpc) is 3.34. The fourth-order valence-corrected chi connectivity index (χ4v) is 4.55. The Hall–Kier alpha value is -3.24. The van der Waals surface area contributed by atoms with Gasteiger partial charge in [0.15, 0.2) is 0 Å². The van der Waals surface area contributed by atoms with E-state index < -0.39 is 15.9 Å². The molecule has 0 spiro atoms. The second-order valence-corrected chi connectivity index (χ2v) is 10.3. The highest BCUT2D eigenvalue weighted by Gasteiger charge is 2.19. The molecular formula is C23H27N5O4S. The van der Waals surface area contributed by atoms with E-state index in [4.69, 9.17) is 4.42 Å². The lowest BCUT2D eigenvalue weighted by Crippen LogP contribution is -2.29. The van der Waals surface area contributed by atoms with E-state index in [1.807, 2.05) is 12.1 Å². The van der Waals surface area contributed by atoms with E-state index in [-0.39, 0.29) is 16.7 Å². The number of nitrogens with one attached hydrogen (secondary N) is 1. The van der Waals surface area contributed by atoms with Gasteiger partial charge in [-0.25, -0.2) is 12.7 Å². The Morgan fingerprint density at radius 3 is 2.30 bits per heavy atom. The number of amides is 1. The van der Waals surface area contributed by atoms with Crippen molar-refractivity contribution in [3.8, 4) is 11.5 Å². The summed E-state index contributed by atoms with van der Waals surface area (Å²) in [5.74, 6) is -0.486. The van der Waals surface area contributed by atoms with Crippen LogP contribution in [0.25, 0.3) is 11.5 Å². The van der Waals surface area contributed by atoms with Crippen LogP contribution in [0.1, 0.15) is 35.5 Å². The van der Waals surface area contributed by atoms with Gasteiger partial charge in [0.05, 0.1) is 4.90 Å². The summed E-state index contributed by atoms with van der Waals surface area (Å²) in [6, 6.07) is 14.2. The number of hydrogen-bond donors (Lipinski definition) is 1. The van der Waals surface area contributed by atoms with Crippen LogP contribution in [0.15, 0.2) is 57.8 Å². The van der Waals surface area contributed by atoms with Gasteiger partial charge in [-0.05, 0) is 61.2 Å². The van der Waals surface area contributed by atoms with Gasteiger partial charge in [0.25, 0.3) is 0 Å². The first-order valence-corrected chi connectivity index (χ1v) is 12.3. The number of hydrogen-bond acceptors (Lipinski definition) is 7. The summed E-state index contributed by atoms with van der Waals surface area (Å²) in [4.78, 5) is 15.0. The van der Waals surface area contributed by atoms with Gasteiger partial charge >= 0.3 is 11.8 Å². The highest BCUT2D eigenvalue weighted by molar-refractivity contribution is 7.89. The van der Waals surface area contributed by atoms with Crippen molar-refractivity contribution < 1.29 is 17.6 Å². The molecule has 33 heavy (non-hydrogen) atoms. The summed E-state index contributed by atoms with van der Waals surface area (Å²) in [5.41, 5.74) is 2.70. The molecule has 9 nitrogen and oxygen atoms in total. The molecule has 0 bridgehead atoms. The molecule has 1 saturated heterocycles. The van der Waals surface area contributed by atoms with E-state index in [0.717, 1.165) is 23.0 Å². The zero-order valence-electron chi connectivity index (χ0n) is 18.7. The minimum absolute atomic E-state index is 0.139. The summed E-state index contributed by atoms with van der Waals surface area (Å²) < 4.78 is 31.0. The minimum Gasteiger partial charge on any atom is -0.412 e. The number of nitrogens with zero attached hydrogens (tertiary/aromatic N) is 4. The molecule has 1 aliphatic rings. The van der Waals surface area contributed by atoms with E-state index in [1.165, 1.54) is 51.2 Å². The molecule has 10 heteroatoms. The maximum atomic E-state index is 12.4. The number of rotatable bonds is 7. The average molecular weight is 470 g/mol. The first-order valence-electron chi connectivity index (χ1n) is 10.8. The second-order valence-electron chi connectivity index (χ2n) is 8.12. The number of sulfonamides is 1. The van der Waals surface area contributed by atoms with Crippen LogP contribution in [0, 0.1) is 0 Å². The molecule has 2 aromatic carbocycles. The van der Waals surface area contributed by atoms with Crippen LogP contribution in [0.2, 0.25) is 0 Å². The standard InChI is InChI=1S/C23H27N5O4S/c1-27(2)33(30,31)20-12-8-18(9-13-20)22-25-26-23(32-22)21(29)24-16-17-6-10-19(11-7-17)28-14-4-3-5-15-28/h6-13H,3-5,14-16H2,1-2H3,(H,24,29). The minimum atomic E-state index is -3.53. The summed E-state index contributed by atoms with van der Waals surface area (Å²) >= 11 is 0. The van der Waals surface area contributed by atoms with Crippen molar-refractivity contribution in [3.05, 3.63) is 60.0 Å². The first-order chi connectivity index (χ1) is 15.8. The third-order valence-electron chi connectivity index (χ3n) is 5.61. The monoisotopic (exact) mass is 469 g/mol. The molecule has 3 aromatic rings. The van der Waals surface area contributed by atoms with Crippen molar-refractivity contribution in [2.45, 2.75) is 30.7 Å². The molecule has 1 N–H and O–H groups in total. The Morgan fingerprint density at radius 2 is 1.67 bits per heavy atom. The van der Waals surface area contributed by atoms with Gasteiger partial charge in [0, 0.05) is 45.0 Å². The van der Waals surface area contributed by atoms with Gasteiger partial charge in [0.1, 0.15) is 0 Å². The van der Waals surface area contributed by atoms with Crippen LogP contribution in [-0.2, 0) is 16.6 Å². The Morgan fingerprint density at radius 1 is 1.00 bits per heavy atom. The van der Waals surface area contributed by atoms with E-state index in [0.29, 0.717) is 12.1 Å². The van der Waals surface area contributed by atoms with Crippen LogP contribution in [0.5, 0.6) is 0 Å². The van der Waals surface area contributed by atoms with Crippen molar-refractivity contribution in [3.63, 3.8) is 0 Å². The second kappa shape index (κ2) is 9.72. The molecule has 0 unspecified atom stereocenters. The first kappa shape index (κ1) is 22.9. The number of anilines is 1. The molecule has 1 fully saturated rings. The van der Waals surface area contributed by atoms with Gasteiger partial charge in [-0.1, -0.05) is 12.1 Å². The molecule has 0 aliphatic carbocycles. The van der Waals surface area contributed by atoms with E-state index >= 15 is 0 Å². The maximum Gasteiger partial charge on any atom is 0.309 e. The molecule has 1 amide bonds. The molecule has 2 heterocycles. The molecule has 0 radical (unpaired) electrons. The zero-order chi connectivity index (χ0) is 23.4. The van der Waals surface area contributed by atoms with Crippen LogP contribution in [0.4, 0.5) is 5.69 Å². The molecule has 4 rings (SSSR count). The Balaban J connectivity index is 1.36. The smallest absolute Gasteiger partial charge is 0.309 e. The Labute approximate surface area is 193 Å². The number of carbonyl (C=O) groups excluding carboxylic acids is 1. The SMILES string of the molecule is CN(C)S(=O)(=O)c1ccc(-c2nnc(C(=O)NCc3ccc(N4CCCCC4)cc3)o2)cc1. The number of aromatic nitrogens is 2. The number of carbonyl (C=O) groups is 1. The molecule has 0 atom stereocenters. The summed E-state index contributed by atoms with van der Waals surface area (Å²) in [5, 5.41) is 10.5. The predicted molar refractivity (Wildman–Crippen MR) is 124 cm³/mol. The van der Waals surface area contributed by atoms with Crippen LogP contribution in [-0.4, -0.2) is 56.0 Å². The third-order valence-corrected chi connectivity index (χ3v) is 7.44. The predicted octanol–water partition coefficient (Wildman–Crippen LogP) is 2.91. The quantitative estimate of drug-likeness (QED) is 0.567. The molecule has 1 aliphatic heterocycles. The van der Waals surface area contributed by atoms with Crippen LogP contribution < -0.4 is 10.2 Å². The maximum absolute atomic E-state index is 12.4. The van der Waals surface area contributed by atoms with Crippen molar-refractivity contribution in [1.82, 2.24) is 19.8 Å². The lowest BCUT2D eigenvalue weighted by molar-refractivity contribution is 0.0917. The molecule has 0 saturated carbocycles. The van der Waals surface area contributed by atoms with E-state index in [2.05, 4.69) is 32.5 Å². The third kappa shape index (κ3) is 5.23. The molecule has 174 valence electrons. The lowest BCUT2D eigenvalue weighted by atomic mass is 10.1. The van der Waals surface area contributed by atoms with Gasteiger partial charge in [-0.2, -0.15) is 0 Å². The fraction of sp³-hybridized carbons (Fsp3) is 0.348. The van der Waals surface area contributed by atoms with Gasteiger partial charge in [0.2, 0.25) is 15.9 Å². The largest absolute Gasteiger partial charge is 0.412 e. The van der Waals surface area contributed by atoms with Crippen molar-refractivity contribution in [2.75, 3.05) is 32.1 Å². The highest BCUT2D eigenvalue weighted by Crippen LogP contribution is 2.22. The normalized spacial score (nSPS) is 14.5. The van der Waals surface area contributed by atoms with Gasteiger partial charge in [-0.3, -0.25) is 4.79 Å². The highest BCUT2D eigenvalue weighted by atomic mass is 32.2. The Bertz CT molecular complexity index is 1200. The Kier molecular flexibility index (Phi) is 6.75. The van der Waals surface area contributed by atoms with Gasteiger partial charge in [-0.15, -0.1) is 10.2 Å². The summed E-state index contributed by atoms with van der Waals surface area (Å²) in [7, 11) is -0.592. The fourth-order valence-electron chi connectivity index (χ4n) is 3.65. The number of piperidine rings is 1. The number of benzene rings is 2. The van der Waals surface area contributed by atoms with Gasteiger partial charge < -0.3 is 14.6 Å².